The molecule has 1 aromatic heterocycles. The van der Waals surface area contributed by atoms with Crippen LogP contribution in [0.2, 0.25) is 0 Å². The molecular formula is C15H19F3N6O. The maximum absolute atomic E-state index is 13.2. The SMILES string of the molecule is N=C/C(=C\NC1CNC1)c1cc(C(F)(F)F)nc(N2CC[C@@H]2CO)n1. The molecule has 2 fully saturated rings. The topological polar surface area (TPSA) is 97.2 Å². The van der Waals surface area contributed by atoms with Crippen LogP contribution in [-0.4, -0.2) is 59.6 Å². The molecule has 2 saturated heterocycles. The Labute approximate surface area is 142 Å². The molecule has 1 atom stereocenters. The number of hydrogen-bond donors (Lipinski definition) is 4. The van der Waals surface area contributed by atoms with E-state index >= 15 is 0 Å². The van der Waals surface area contributed by atoms with E-state index in [0.717, 1.165) is 25.4 Å². The van der Waals surface area contributed by atoms with Gasteiger partial charge >= 0.3 is 6.18 Å². The summed E-state index contributed by atoms with van der Waals surface area (Å²) in [4.78, 5) is 9.34. The minimum atomic E-state index is -4.62. The molecule has 0 aliphatic carbocycles. The highest BCUT2D eigenvalue weighted by molar-refractivity contribution is 6.07. The third kappa shape index (κ3) is 3.74. The molecule has 0 amide bonds. The van der Waals surface area contributed by atoms with Crippen molar-refractivity contribution in [2.75, 3.05) is 31.1 Å². The van der Waals surface area contributed by atoms with Crippen molar-refractivity contribution in [1.29, 1.82) is 5.41 Å². The van der Waals surface area contributed by atoms with Crippen molar-refractivity contribution in [2.24, 2.45) is 0 Å². The van der Waals surface area contributed by atoms with Gasteiger partial charge in [0, 0.05) is 37.6 Å². The van der Waals surface area contributed by atoms with Crippen molar-refractivity contribution < 1.29 is 18.3 Å². The largest absolute Gasteiger partial charge is 0.433 e. The van der Waals surface area contributed by atoms with Crippen LogP contribution in [0, 0.1) is 5.41 Å². The van der Waals surface area contributed by atoms with Crippen molar-refractivity contribution >= 4 is 17.7 Å². The Bertz CT molecular complexity index is 672. The van der Waals surface area contributed by atoms with Crippen LogP contribution in [0.1, 0.15) is 17.8 Å². The van der Waals surface area contributed by atoms with Crippen LogP contribution in [-0.2, 0) is 6.18 Å². The van der Waals surface area contributed by atoms with Crippen molar-refractivity contribution in [3.63, 3.8) is 0 Å². The number of allylic oxidation sites excluding steroid dienone is 1. The second kappa shape index (κ2) is 6.96. The normalized spacial score (nSPS) is 21.5. The lowest BCUT2D eigenvalue weighted by Crippen LogP contribution is -2.53. The van der Waals surface area contributed by atoms with Gasteiger partial charge in [-0.1, -0.05) is 0 Å². The van der Waals surface area contributed by atoms with E-state index in [4.69, 9.17) is 5.41 Å². The summed E-state index contributed by atoms with van der Waals surface area (Å²) in [6.45, 7) is 1.84. The van der Waals surface area contributed by atoms with Gasteiger partial charge in [-0.2, -0.15) is 13.2 Å². The molecule has 3 rings (SSSR count). The molecule has 0 radical (unpaired) electrons. The second-order valence-corrected chi connectivity index (χ2v) is 6.02. The van der Waals surface area contributed by atoms with E-state index in [-0.39, 0.29) is 35.9 Å². The number of alkyl halides is 3. The number of hydrogen-bond acceptors (Lipinski definition) is 7. The number of rotatable bonds is 6. The number of aliphatic hydroxyl groups excluding tert-OH is 1. The summed E-state index contributed by atoms with van der Waals surface area (Å²) in [5.41, 5.74) is -0.799. The van der Waals surface area contributed by atoms with Crippen LogP contribution in [0.3, 0.4) is 0 Å². The standard InChI is InChI=1S/C15H19F3N6O/c16-15(17,18)13-3-12(9(4-19)5-21-10-6-20-7-10)22-14(23-13)24-2-1-11(24)8-25/h3-5,10-11,19-21,25H,1-2,6-8H2/b9-5+,19-4?/t11-/m1/s1. The lowest BCUT2D eigenvalue weighted by atomic mass is 10.1. The number of aromatic nitrogens is 2. The average Bonchev–Trinajstić information content (AvgIpc) is 2.48. The van der Waals surface area contributed by atoms with Gasteiger partial charge in [0.05, 0.1) is 24.4 Å². The number of nitrogens with one attached hydrogen (secondary N) is 3. The van der Waals surface area contributed by atoms with Gasteiger partial charge < -0.3 is 26.0 Å². The van der Waals surface area contributed by atoms with Crippen LogP contribution >= 0.6 is 0 Å². The summed E-state index contributed by atoms with van der Waals surface area (Å²) in [6, 6.07) is 0.754. The molecule has 0 spiro atoms. The maximum Gasteiger partial charge on any atom is 0.433 e. The molecule has 0 saturated carbocycles. The van der Waals surface area contributed by atoms with E-state index < -0.39 is 11.9 Å². The molecule has 4 N–H and O–H groups in total. The fourth-order valence-electron chi connectivity index (χ4n) is 2.55. The Balaban J connectivity index is 1.94. The molecule has 25 heavy (non-hydrogen) atoms. The van der Waals surface area contributed by atoms with Crippen LogP contribution < -0.4 is 15.5 Å². The van der Waals surface area contributed by atoms with Crippen LogP contribution in [0.15, 0.2) is 12.3 Å². The van der Waals surface area contributed by atoms with Crippen molar-refractivity contribution in [3.8, 4) is 0 Å². The Morgan fingerprint density at radius 2 is 2.20 bits per heavy atom. The lowest BCUT2D eigenvalue weighted by molar-refractivity contribution is -0.141. The molecule has 2 aliphatic heterocycles. The summed E-state index contributed by atoms with van der Waals surface area (Å²) in [5.74, 6) is -0.0758. The monoisotopic (exact) mass is 356 g/mol. The van der Waals surface area contributed by atoms with Gasteiger partial charge in [0.15, 0.2) is 5.69 Å². The maximum atomic E-state index is 13.2. The van der Waals surface area contributed by atoms with E-state index in [1.54, 1.807) is 4.90 Å². The first-order valence-electron chi connectivity index (χ1n) is 7.94. The fraction of sp³-hybridized carbons (Fsp3) is 0.533. The summed E-state index contributed by atoms with van der Waals surface area (Å²) in [6.07, 6.45) is -1.48. The minimum Gasteiger partial charge on any atom is -0.394 e. The fourth-order valence-corrected chi connectivity index (χ4v) is 2.55. The van der Waals surface area contributed by atoms with E-state index in [2.05, 4.69) is 20.6 Å². The first kappa shape index (κ1) is 17.6. The number of aliphatic hydroxyl groups is 1. The van der Waals surface area contributed by atoms with Gasteiger partial charge in [-0.15, -0.1) is 0 Å². The molecule has 136 valence electrons. The van der Waals surface area contributed by atoms with Crippen LogP contribution in [0.25, 0.3) is 5.57 Å². The summed E-state index contributed by atoms with van der Waals surface area (Å²) < 4.78 is 39.6. The van der Waals surface area contributed by atoms with Gasteiger partial charge in [-0.3, -0.25) is 0 Å². The van der Waals surface area contributed by atoms with Crippen molar-refractivity contribution in [2.45, 2.75) is 24.7 Å². The molecule has 3 heterocycles. The zero-order chi connectivity index (χ0) is 18.0. The molecule has 0 unspecified atom stereocenters. The first-order chi connectivity index (χ1) is 11.9. The Morgan fingerprint density at radius 1 is 1.44 bits per heavy atom. The first-order valence-corrected chi connectivity index (χ1v) is 7.94. The zero-order valence-electron chi connectivity index (χ0n) is 13.3. The number of nitrogens with zero attached hydrogens (tertiary/aromatic N) is 3. The van der Waals surface area contributed by atoms with Gasteiger partial charge in [0.2, 0.25) is 5.95 Å². The van der Waals surface area contributed by atoms with Gasteiger partial charge in [0.25, 0.3) is 0 Å². The molecule has 2 aliphatic rings. The zero-order valence-corrected chi connectivity index (χ0v) is 13.3. The Morgan fingerprint density at radius 3 is 2.68 bits per heavy atom. The molecular weight excluding hydrogens is 337 g/mol. The molecule has 1 aromatic rings. The van der Waals surface area contributed by atoms with E-state index in [0.29, 0.717) is 13.0 Å². The van der Waals surface area contributed by atoms with Crippen molar-refractivity contribution in [1.82, 2.24) is 20.6 Å². The van der Waals surface area contributed by atoms with E-state index in [1.807, 2.05) is 0 Å². The van der Waals surface area contributed by atoms with Crippen LogP contribution in [0.5, 0.6) is 0 Å². The average molecular weight is 356 g/mol. The van der Waals surface area contributed by atoms with E-state index in [1.165, 1.54) is 6.20 Å². The van der Waals surface area contributed by atoms with Crippen LogP contribution in [0.4, 0.5) is 19.1 Å². The van der Waals surface area contributed by atoms with Gasteiger partial charge in [0.1, 0.15) is 0 Å². The summed E-state index contributed by atoms with van der Waals surface area (Å²) in [7, 11) is 0. The molecule has 10 heteroatoms. The Hall–Kier alpha value is -2.20. The third-order valence-electron chi connectivity index (χ3n) is 4.32. The number of halogens is 3. The highest BCUT2D eigenvalue weighted by Gasteiger charge is 2.36. The lowest BCUT2D eigenvalue weighted by Gasteiger charge is -2.40. The highest BCUT2D eigenvalue weighted by atomic mass is 19.4. The molecule has 0 bridgehead atoms. The number of anilines is 1. The highest BCUT2D eigenvalue weighted by Crippen LogP contribution is 2.32. The second-order valence-electron chi connectivity index (χ2n) is 6.02. The Kier molecular flexibility index (Phi) is 4.91. The molecule has 7 nitrogen and oxygen atoms in total. The predicted molar refractivity (Wildman–Crippen MR) is 86.4 cm³/mol. The molecule has 0 aromatic carbocycles. The van der Waals surface area contributed by atoms with Gasteiger partial charge in [-0.25, -0.2) is 9.97 Å². The quantitative estimate of drug-likeness (QED) is 0.558. The van der Waals surface area contributed by atoms with Crippen molar-refractivity contribution in [3.05, 3.63) is 23.7 Å². The van der Waals surface area contributed by atoms with Gasteiger partial charge in [-0.05, 0) is 12.5 Å². The summed E-state index contributed by atoms with van der Waals surface area (Å²) in [5, 5.41) is 22.9. The predicted octanol–water partition coefficient (Wildman–Crippen LogP) is 0.618. The van der Waals surface area contributed by atoms with E-state index in [9.17, 15) is 18.3 Å². The third-order valence-corrected chi connectivity index (χ3v) is 4.32. The smallest absolute Gasteiger partial charge is 0.394 e. The minimum absolute atomic E-state index is 0.0238. The summed E-state index contributed by atoms with van der Waals surface area (Å²) >= 11 is 0.